The molecule has 0 spiro atoms. The lowest BCUT2D eigenvalue weighted by atomic mass is 10.2. The fourth-order valence-corrected chi connectivity index (χ4v) is 3.86. The molecule has 3 aromatic rings. The number of carbonyl (C=O) groups excluding carboxylic acids is 1. The molecule has 0 aliphatic carbocycles. The van der Waals surface area contributed by atoms with Crippen molar-refractivity contribution < 1.29 is 9.53 Å². The van der Waals surface area contributed by atoms with E-state index in [1.807, 2.05) is 54.3 Å². The third-order valence-corrected chi connectivity index (χ3v) is 5.74. The van der Waals surface area contributed by atoms with E-state index in [-0.39, 0.29) is 5.91 Å². The van der Waals surface area contributed by atoms with E-state index < -0.39 is 0 Å². The molecule has 8 heteroatoms. The van der Waals surface area contributed by atoms with Gasteiger partial charge < -0.3 is 24.8 Å². The van der Waals surface area contributed by atoms with Crippen LogP contribution in [0.3, 0.4) is 0 Å². The first-order valence-electron chi connectivity index (χ1n) is 11.2. The van der Waals surface area contributed by atoms with Crippen molar-refractivity contribution in [3.63, 3.8) is 0 Å². The number of benzene rings is 1. The van der Waals surface area contributed by atoms with Crippen LogP contribution in [0.4, 0.5) is 5.69 Å². The van der Waals surface area contributed by atoms with Crippen molar-refractivity contribution in [2.75, 3.05) is 45.7 Å². The number of aromatic nitrogens is 2. The Morgan fingerprint density at radius 1 is 1.21 bits per heavy atom. The molecule has 3 heterocycles. The lowest BCUT2D eigenvalue weighted by Gasteiger charge is -2.32. The lowest BCUT2D eigenvalue weighted by Crippen LogP contribution is -2.47. The minimum absolute atomic E-state index is 0.0367. The number of likely N-dealkylation sites (N-methyl/N-ethyl adjacent to an activating group) is 1. The van der Waals surface area contributed by atoms with Crippen molar-refractivity contribution in [2.45, 2.75) is 6.92 Å². The molecule has 0 radical (unpaired) electrons. The summed E-state index contributed by atoms with van der Waals surface area (Å²) >= 11 is 0. The Morgan fingerprint density at radius 2 is 2.00 bits per heavy atom. The first kappa shape index (κ1) is 23.3. The first-order chi connectivity index (χ1) is 16.5. The fourth-order valence-electron chi connectivity index (χ4n) is 3.86. The highest BCUT2D eigenvalue weighted by atomic mass is 16.5. The topological polar surface area (TPSA) is 85.8 Å². The Labute approximate surface area is 199 Å². The second-order valence-corrected chi connectivity index (χ2v) is 8.23. The van der Waals surface area contributed by atoms with Gasteiger partial charge in [-0.2, -0.15) is 0 Å². The van der Waals surface area contributed by atoms with Crippen LogP contribution in [-0.4, -0.2) is 71.7 Å². The standard InChI is InChI=1S/C26H30N6O2/c1-5-6-23(24-17-21(34-4)9-10-27-24)29-18(2)28-20-7-8-22-19(15-20)16-25(30-22)26(33)32-13-11-31(3)12-14-32/h5-10,15-17,28,30H,2,11-14H2,1,3-4H3/b6-5-,29-23+. The number of rotatable bonds is 7. The summed E-state index contributed by atoms with van der Waals surface area (Å²) in [7, 11) is 3.69. The molecule has 2 aromatic heterocycles. The second kappa shape index (κ2) is 10.4. The number of ether oxygens (including phenoxy) is 1. The maximum absolute atomic E-state index is 12.9. The van der Waals surface area contributed by atoms with Gasteiger partial charge >= 0.3 is 0 Å². The Hall–Kier alpha value is -3.91. The Morgan fingerprint density at radius 3 is 2.74 bits per heavy atom. The van der Waals surface area contributed by atoms with E-state index in [1.165, 1.54) is 0 Å². The summed E-state index contributed by atoms with van der Waals surface area (Å²) in [5, 5.41) is 4.19. The summed E-state index contributed by atoms with van der Waals surface area (Å²) in [6, 6.07) is 11.4. The number of aliphatic imine (C=N–C) groups is 1. The number of anilines is 1. The molecule has 1 fully saturated rings. The zero-order chi connectivity index (χ0) is 24.1. The van der Waals surface area contributed by atoms with Crippen molar-refractivity contribution in [3.05, 3.63) is 78.5 Å². The van der Waals surface area contributed by atoms with Crippen LogP contribution >= 0.6 is 0 Å². The number of hydrogen-bond donors (Lipinski definition) is 2. The van der Waals surface area contributed by atoms with Gasteiger partial charge in [-0.05, 0) is 50.4 Å². The van der Waals surface area contributed by atoms with E-state index in [0.717, 1.165) is 42.8 Å². The maximum atomic E-state index is 12.9. The van der Waals surface area contributed by atoms with Crippen molar-refractivity contribution in [1.82, 2.24) is 19.8 Å². The molecule has 0 bridgehead atoms. The Kier molecular flexibility index (Phi) is 7.08. The van der Waals surface area contributed by atoms with E-state index in [2.05, 4.69) is 38.8 Å². The number of nitrogens with one attached hydrogen (secondary N) is 2. The number of nitrogens with zero attached hydrogens (tertiary/aromatic N) is 4. The molecular weight excluding hydrogens is 428 g/mol. The molecule has 1 aromatic carbocycles. The number of methoxy groups -OCH3 is 1. The van der Waals surface area contributed by atoms with Gasteiger partial charge in [0.1, 0.15) is 17.3 Å². The normalized spacial score (nSPS) is 15.1. The third-order valence-electron chi connectivity index (χ3n) is 5.74. The van der Waals surface area contributed by atoms with Gasteiger partial charge in [-0.15, -0.1) is 0 Å². The largest absolute Gasteiger partial charge is 0.497 e. The highest BCUT2D eigenvalue weighted by Crippen LogP contribution is 2.22. The first-order valence-corrected chi connectivity index (χ1v) is 11.2. The van der Waals surface area contributed by atoms with Crippen LogP contribution in [0.15, 0.2) is 72.1 Å². The molecular formula is C26H30N6O2. The number of allylic oxidation sites excluding steroid dienone is 2. The average molecular weight is 459 g/mol. The molecule has 0 unspecified atom stereocenters. The van der Waals surface area contributed by atoms with Gasteiger partial charge in [0.2, 0.25) is 0 Å². The number of pyridine rings is 1. The summed E-state index contributed by atoms with van der Waals surface area (Å²) in [5.74, 6) is 1.22. The van der Waals surface area contributed by atoms with E-state index >= 15 is 0 Å². The molecule has 0 atom stereocenters. The smallest absolute Gasteiger partial charge is 0.270 e. The number of amides is 1. The lowest BCUT2D eigenvalue weighted by molar-refractivity contribution is 0.0659. The number of fused-ring (bicyclic) bond motifs is 1. The zero-order valence-electron chi connectivity index (χ0n) is 19.8. The van der Waals surface area contributed by atoms with Gasteiger partial charge in [-0.3, -0.25) is 9.78 Å². The van der Waals surface area contributed by atoms with Crippen molar-refractivity contribution in [2.24, 2.45) is 4.99 Å². The van der Waals surface area contributed by atoms with Gasteiger partial charge in [0, 0.05) is 55.0 Å². The maximum Gasteiger partial charge on any atom is 0.270 e. The zero-order valence-corrected chi connectivity index (χ0v) is 19.8. The third kappa shape index (κ3) is 5.35. The Bertz CT molecular complexity index is 1250. The quantitative estimate of drug-likeness (QED) is 0.525. The predicted molar refractivity (Wildman–Crippen MR) is 137 cm³/mol. The van der Waals surface area contributed by atoms with Crippen molar-refractivity contribution in [1.29, 1.82) is 0 Å². The second-order valence-electron chi connectivity index (χ2n) is 8.23. The number of aromatic amines is 1. The summed E-state index contributed by atoms with van der Waals surface area (Å²) in [6.07, 6.45) is 5.46. The van der Waals surface area contributed by atoms with Crippen LogP contribution < -0.4 is 10.1 Å². The molecule has 4 rings (SSSR count). The molecule has 176 valence electrons. The minimum Gasteiger partial charge on any atom is -0.497 e. The van der Waals surface area contributed by atoms with Gasteiger partial charge in [0.15, 0.2) is 0 Å². The number of piperazine rings is 1. The summed E-state index contributed by atoms with van der Waals surface area (Å²) in [5.41, 5.74) is 3.70. The van der Waals surface area contributed by atoms with E-state index in [4.69, 9.17) is 4.74 Å². The van der Waals surface area contributed by atoms with Gasteiger partial charge in [-0.25, -0.2) is 4.99 Å². The minimum atomic E-state index is 0.0367. The van der Waals surface area contributed by atoms with E-state index in [9.17, 15) is 4.79 Å². The Balaban J connectivity index is 1.51. The van der Waals surface area contributed by atoms with Crippen LogP contribution in [0.1, 0.15) is 23.1 Å². The molecule has 2 N–H and O–H groups in total. The van der Waals surface area contributed by atoms with Crippen LogP contribution in [0, 0.1) is 0 Å². The van der Waals surface area contributed by atoms with Gasteiger partial charge in [0.25, 0.3) is 5.91 Å². The molecule has 1 amide bonds. The van der Waals surface area contributed by atoms with Gasteiger partial charge in [-0.1, -0.05) is 12.7 Å². The van der Waals surface area contributed by atoms with Crippen LogP contribution in [-0.2, 0) is 0 Å². The number of carbonyl (C=O) groups is 1. The highest BCUT2D eigenvalue weighted by molar-refractivity contribution is 6.08. The average Bonchev–Trinajstić information content (AvgIpc) is 3.27. The molecule has 8 nitrogen and oxygen atoms in total. The van der Waals surface area contributed by atoms with Crippen LogP contribution in [0.5, 0.6) is 5.75 Å². The summed E-state index contributed by atoms with van der Waals surface area (Å²) < 4.78 is 5.30. The highest BCUT2D eigenvalue weighted by Gasteiger charge is 2.21. The monoisotopic (exact) mass is 458 g/mol. The van der Waals surface area contributed by atoms with Crippen LogP contribution in [0.2, 0.25) is 0 Å². The molecule has 1 aliphatic rings. The fraction of sp³-hybridized carbons (Fsp3) is 0.269. The van der Waals surface area contributed by atoms with Crippen molar-refractivity contribution in [3.8, 4) is 5.75 Å². The number of H-pyrrole nitrogens is 1. The predicted octanol–water partition coefficient (Wildman–Crippen LogP) is 3.91. The van der Waals surface area contributed by atoms with Gasteiger partial charge in [0.05, 0.1) is 18.5 Å². The SMILES string of the molecule is C=C(/N=C(\C=C/C)c1cc(OC)ccn1)Nc1ccc2[nH]c(C(=O)N3CCN(C)CC3)cc2c1. The molecule has 1 aliphatic heterocycles. The van der Waals surface area contributed by atoms with Crippen LogP contribution in [0.25, 0.3) is 10.9 Å². The van der Waals surface area contributed by atoms with E-state index in [0.29, 0.717) is 28.7 Å². The molecule has 0 saturated carbocycles. The summed E-state index contributed by atoms with van der Waals surface area (Å²) in [4.78, 5) is 29.3. The van der Waals surface area contributed by atoms with E-state index in [1.54, 1.807) is 19.4 Å². The molecule has 34 heavy (non-hydrogen) atoms. The molecule has 1 saturated heterocycles. The summed E-state index contributed by atoms with van der Waals surface area (Å²) in [6.45, 7) is 9.25. The number of hydrogen-bond acceptors (Lipinski definition) is 6. The van der Waals surface area contributed by atoms with Crippen molar-refractivity contribution >= 4 is 28.2 Å².